The van der Waals surface area contributed by atoms with Gasteiger partial charge in [0.05, 0.1) is 6.04 Å². The van der Waals surface area contributed by atoms with Crippen LogP contribution in [0.3, 0.4) is 0 Å². The maximum atomic E-state index is 12.3. The van der Waals surface area contributed by atoms with Gasteiger partial charge in [-0.3, -0.25) is 4.79 Å². The minimum Gasteiger partial charge on any atom is -0.334 e. The van der Waals surface area contributed by atoms with Crippen LogP contribution in [0.15, 0.2) is 30.6 Å². The quantitative estimate of drug-likeness (QED) is 0.829. The number of rotatable bonds is 2. The molecule has 0 spiro atoms. The van der Waals surface area contributed by atoms with E-state index in [-0.39, 0.29) is 17.9 Å². The molecule has 0 aliphatic carbocycles. The topological polar surface area (TPSA) is 37.6 Å². The van der Waals surface area contributed by atoms with Crippen LogP contribution in [-0.4, -0.2) is 26.7 Å². The summed E-state index contributed by atoms with van der Waals surface area (Å²) in [5, 5.41) is 0. The van der Waals surface area contributed by atoms with Gasteiger partial charge in [0.15, 0.2) is 0 Å². The molecule has 2 aromatic heterocycles. The number of hydrogen-bond donors (Lipinski definition) is 0. The second kappa shape index (κ2) is 4.68. The summed E-state index contributed by atoms with van der Waals surface area (Å²) < 4.78 is 2.09. The number of carbonyl (C=O) groups excluding carboxylic acids is 1. The Balaban J connectivity index is 2.01. The summed E-state index contributed by atoms with van der Waals surface area (Å²) in [7, 11) is 0. The Kier molecular flexibility index (Phi) is 3.01. The monoisotopic (exact) mass is 257 g/mol. The van der Waals surface area contributed by atoms with Crippen LogP contribution in [-0.2, 0) is 4.79 Å². The second-order valence-corrected chi connectivity index (χ2v) is 5.45. The third-order valence-electron chi connectivity index (χ3n) is 3.83. The minimum absolute atomic E-state index is 0.0580. The molecule has 0 radical (unpaired) electrons. The lowest BCUT2D eigenvalue weighted by atomic mass is 10.1. The molecule has 1 amide bonds. The van der Waals surface area contributed by atoms with E-state index in [0.717, 1.165) is 25.0 Å². The van der Waals surface area contributed by atoms with Gasteiger partial charge in [-0.1, -0.05) is 19.9 Å². The molecular weight excluding hydrogens is 238 g/mol. The van der Waals surface area contributed by atoms with Gasteiger partial charge in [0.25, 0.3) is 0 Å². The number of fused-ring (bicyclic) bond motifs is 1. The van der Waals surface area contributed by atoms with E-state index in [1.54, 1.807) is 0 Å². The highest BCUT2D eigenvalue weighted by molar-refractivity contribution is 5.78. The van der Waals surface area contributed by atoms with Gasteiger partial charge in [0, 0.05) is 30.6 Å². The zero-order chi connectivity index (χ0) is 13.4. The van der Waals surface area contributed by atoms with Crippen LogP contribution in [0, 0.1) is 5.92 Å². The van der Waals surface area contributed by atoms with Crippen LogP contribution in [0.1, 0.15) is 38.4 Å². The zero-order valence-electron chi connectivity index (χ0n) is 11.4. The molecular formula is C15H19N3O. The first-order valence-corrected chi connectivity index (χ1v) is 6.91. The van der Waals surface area contributed by atoms with E-state index < -0.39 is 0 Å². The fraction of sp³-hybridized carbons (Fsp3) is 0.467. The molecule has 4 nitrogen and oxygen atoms in total. The van der Waals surface area contributed by atoms with Crippen molar-refractivity contribution < 1.29 is 4.79 Å². The predicted molar refractivity (Wildman–Crippen MR) is 73.7 cm³/mol. The second-order valence-electron chi connectivity index (χ2n) is 5.45. The van der Waals surface area contributed by atoms with E-state index in [1.165, 1.54) is 5.69 Å². The Morgan fingerprint density at radius 3 is 3.05 bits per heavy atom. The van der Waals surface area contributed by atoms with Crippen molar-refractivity contribution in [3.63, 3.8) is 0 Å². The molecule has 0 saturated carbocycles. The highest BCUT2D eigenvalue weighted by Gasteiger charge is 2.32. The number of pyridine rings is 1. The van der Waals surface area contributed by atoms with Crippen molar-refractivity contribution in [3.8, 4) is 0 Å². The third-order valence-corrected chi connectivity index (χ3v) is 3.83. The largest absolute Gasteiger partial charge is 0.334 e. The first-order valence-electron chi connectivity index (χ1n) is 6.91. The Morgan fingerprint density at radius 1 is 1.42 bits per heavy atom. The summed E-state index contributed by atoms with van der Waals surface area (Å²) in [4.78, 5) is 18.6. The molecule has 1 atom stereocenters. The van der Waals surface area contributed by atoms with Gasteiger partial charge in [0.1, 0.15) is 5.65 Å². The molecule has 3 rings (SSSR count). The summed E-state index contributed by atoms with van der Waals surface area (Å²) in [5.41, 5.74) is 2.11. The van der Waals surface area contributed by atoms with Crippen molar-refractivity contribution in [1.82, 2.24) is 14.3 Å². The summed E-state index contributed by atoms with van der Waals surface area (Å²) >= 11 is 0. The van der Waals surface area contributed by atoms with E-state index in [4.69, 9.17) is 0 Å². The molecule has 0 bridgehead atoms. The van der Waals surface area contributed by atoms with Crippen molar-refractivity contribution in [1.29, 1.82) is 0 Å². The number of amides is 1. The van der Waals surface area contributed by atoms with Crippen LogP contribution in [0.5, 0.6) is 0 Å². The Labute approximate surface area is 113 Å². The smallest absolute Gasteiger partial charge is 0.225 e. The molecule has 2 aromatic rings. The van der Waals surface area contributed by atoms with Crippen LogP contribution >= 0.6 is 0 Å². The maximum Gasteiger partial charge on any atom is 0.225 e. The fourth-order valence-electron chi connectivity index (χ4n) is 2.91. The van der Waals surface area contributed by atoms with Crippen LogP contribution in [0.4, 0.5) is 0 Å². The molecule has 1 saturated heterocycles. The molecule has 1 aliphatic heterocycles. The van der Waals surface area contributed by atoms with Crippen LogP contribution in [0.2, 0.25) is 0 Å². The maximum absolute atomic E-state index is 12.3. The average molecular weight is 257 g/mol. The molecule has 0 unspecified atom stereocenters. The number of carbonyl (C=O) groups is 1. The standard InChI is InChI=1S/C15H19N3O/c1-11(2)15(19)18-9-4-6-13(18)12-5-3-7-14-16-8-10-17(12)14/h3,5,7-8,10-11,13H,4,6,9H2,1-2H3/t13-/m1/s1. The zero-order valence-corrected chi connectivity index (χ0v) is 11.4. The van der Waals surface area contributed by atoms with Crippen molar-refractivity contribution in [2.24, 2.45) is 5.92 Å². The molecule has 3 heterocycles. The lowest BCUT2D eigenvalue weighted by Gasteiger charge is -2.27. The molecule has 1 aliphatic rings. The first-order chi connectivity index (χ1) is 9.18. The lowest BCUT2D eigenvalue weighted by Crippen LogP contribution is -2.34. The van der Waals surface area contributed by atoms with Crippen LogP contribution < -0.4 is 0 Å². The Bertz CT molecular complexity index is 602. The van der Waals surface area contributed by atoms with Crippen molar-refractivity contribution in [2.45, 2.75) is 32.7 Å². The predicted octanol–water partition coefficient (Wildman–Crippen LogP) is 2.65. The third kappa shape index (κ3) is 2.01. The van der Waals surface area contributed by atoms with Crippen LogP contribution in [0.25, 0.3) is 5.65 Å². The van der Waals surface area contributed by atoms with Gasteiger partial charge in [-0.2, -0.15) is 0 Å². The number of imidazole rings is 1. The van der Waals surface area contributed by atoms with Gasteiger partial charge in [-0.15, -0.1) is 0 Å². The summed E-state index contributed by atoms with van der Waals surface area (Å²) in [5.74, 6) is 0.308. The normalized spacial score (nSPS) is 19.5. The van der Waals surface area contributed by atoms with E-state index in [2.05, 4.69) is 15.5 Å². The number of likely N-dealkylation sites (tertiary alicyclic amines) is 1. The molecule has 0 aromatic carbocycles. The van der Waals surface area contributed by atoms with E-state index >= 15 is 0 Å². The van der Waals surface area contributed by atoms with Gasteiger partial charge in [-0.05, 0) is 25.0 Å². The highest BCUT2D eigenvalue weighted by atomic mass is 16.2. The van der Waals surface area contributed by atoms with E-state index in [1.807, 2.05) is 43.3 Å². The number of aromatic nitrogens is 2. The SMILES string of the molecule is CC(C)C(=O)N1CCC[C@@H]1c1cccc2nccn12. The summed E-state index contributed by atoms with van der Waals surface area (Å²) in [6.07, 6.45) is 5.90. The van der Waals surface area contributed by atoms with Crippen molar-refractivity contribution in [2.75, 3.05) is 6.54 Å². The first kappa shape index (κ1) is 12.2. The lowest BCUT2D eigenvalue weighted by molar-refractivity contribution is -0.135. The highest BCUT2D eigenvalue weighted by Crippen LogP contribution is 2.33. The Morgan fingerprint density at radius 2 is 2.26 bits per heavy atom. The fourth-order valence-corrected chi connectivity index (χ4v) is 2.91. The number of hydrogen-bond acceptors (Lipinski definition) is 2. The molecule has 100 valence electrons. The molecule has 19 heavy (non-hydrogen) atoms. The van der Waals surface area contributed by atoms with Crippen molar-refractivity contribution >= 4 is 11.6 Å². The molecule has 0 N–H and O–H groups in total. The summed E-state index contributed by atoms with van der Waals surface area (Å²) in [6.45, 7) is 4.80. The van der Waals surface area contributed by atoms with Crippen molar-refractivity contribution in [3.05, 3.63) is 36.3 Å². The Hall–Kier alpha value is -1.84. The molecule has 4 heteroatoms. The van der Waals surface area contributed by atoms with E-state index in [0.29, 0.717) is 0 Å². The van der Waals surface area contributed by atoms with Gasteiger partial charge < -0.3 is 9.30 Å². The minimum atomic E-state index is 0.0580. The van der Waals surface area contributed by atoms with Gasteiger partial charge in [-0.25, -0.2) is 4.98 Å². The number of nitrogens with zero attached hydrogens (tertiary/aromatic N) is 3. The van der Waals surface area contributed by atoms with Gasteiger partial charge >= 0.3 is 0 Å². The average Bonchev–Trinajstić information content (AvgIpc) is 3.05. The van der Waals surface area contributed by atoms with Gasteiger partial charge in [0.2, 0.25) is 5.91 Å². The van der Waals surface area contributed by atoms with E-state index in [9.17, 15) is 4.79 Å². The molecule has 1 fully saturated rings. The summed E-state index contributed by atoms with van der Waals surface area (Å²) in [6, 6.07) is 6.31.